The van der Waals surface area contributed by atoms with Crippen LogP contribution >= 0.6 is 0 Å². The van der Waals surface area contributed by atoms with E-state index in [-0.39, 0.29) is 11.5 Å². The molecule has 0 saturated carbocycles. The highest BCUT2D eigenvalue weighted by Crippen LogP contribution is 2.35. The quantitative estimate of drug-likeness (QED) is 0.640. The van der Waals surface area contributed by atoms with Gasteiger partial charge in [0.1, 0.15) is 14.1 Å². The van der Waals surface area contributed by atoms with Crippen LogP contribution in [0.1, 0.15) is 43.1 Å². The summed E-state index contributed by atoms with van der Waals surface area (Å²) in [6, 6.07) is 6.92. The molecular formula is C19H24N2O3Si. The summed E-state index contributed by atoms with van der Waals surface area (Å²) in [6.07, 6.45) is 0.0594. The smallest absolute Gasteiger partial charge is 0.327 e. The Labute approximate surface area is 150 Å². The Morgan fingerprint density at radius 1 is 1.24 bits per heavy atom. The molecule has 1 atom stereocenters. The lowest BCUT2D eigenvalue weighted by Crippen LogP contribution is -2.41. The van der Waals surface area contributed by atoms with Crippen LogP contribution in [0.5, 0.6) is 0 Å². The van der Waals surface area contributed by atoms with Gasteiger partial charge in [-0.15, -0.1) is 11.5 Å². The van der Waals surface area contributed by atoms with Crippen LogP contribution in [0.2, 0.25) is 18.1 Å². The predicted molar refractivity (Wildman–Crippen MR) is 99.6 cm³/mol. The molecule has 0 aliphatic carbocycles. The highest BCUT2D eigenvalue weighted by atomic mass is 28.3. The molecule has 2 N–H and O–H groups in total. The monoisotopic (exact) mass is 356 g/mol. The molecule has 0 aromatic heterocycles. The molecule has 1 aromatic rings. The average Bonchev–Trinajstić information content (AvgIpc) is 2.52. The number of rotatable bonds is 4. The maximum atomic E-state index is 12.2. The summed E-state index contributed by atoms with van der Waals surface area (Å²) in [5.41, 5.74) is 4.00. The van der Waals surface area contributed by atoms with Gasteiger partial charge in [-0.2, -0.15) is 5.26 Å². The Morgan fingerprint density at radius 2 is 1.80 bits per heavy atom. The standard InChI is InChI=1S/C19H24N2O3Si/c1-19(2,3)25(4,5)12-6-7-16(18(23)24)21-17(22)15-10-8-14(13-20)9-11-15/h8-11,16H,7H2,1-5H3,(H,21,22)(H,23,24)/t16-/m0/s1. The molecule has 0 saturated heterocycles. The molecule has 1 amide bonds. The molecule has 0 spiro atoms. The molecule has 0 unspecified atom stereocenters. The van der Waals surface area contributed by atoms with Crippen LogP contribution in [0.4, 0.5) is 0 Å². The number of carbonyl (C=O) groups excluding carboxylic acids is 1. The minimum absolute atomic E-state index is 0.0594. The van der Waals surface area contributed by atoms with E-state index in [1.165, 1.54) is 24.3 Å². The van der Waals surface area contributed by atoms with Crippen LogP contribution in [0.3, 0.4) is 0 Å². The number of carboxylic acids is 1. The van der Waals surface area contributed by atoms with Crippen molar-refractivity contribution >= 4 is 20.0 Å². The van der Waals surface area contributed by atoms with Gasteiger partial charge in [0.2, 0.25) is 0 Å². The zero-order chi connectivity index (χ0) is 19.3. The Morgan fingerprint density at radius 3 is 2.24 bits per heavy atom. The van der Waals surface area contributed by atoms with Crippen molar-refractivity contribution in [1.29, 1.82) is 5.26 Å². The van der Waals surface area contributed by atoms with Gasteiger partial charge in [0.25, 0.3) is 5.91 Å². The summed E-state index contributed by atoms with van der Waals surface area (Å²) in [4.78, 5) is 23.6. The van der Waals surface area contributed by atoms with Crippen molar-refractivity contribution in [2.45, 2.75) is 51.4 Å². The van der Waals surface area contributed by atoms with Gasteiger partial charge >= 0.3 is 5.97 Å². The van der Waals surface area contributed by atoms with Crippen LogP contribution in [0.25, 0.3) is 0 Å². The second kappa shape index (κ2) is 8.00. The number of carbonyl (C=O) groups is 2. The number of nitrogens with zero attached hydrogens (tertiary/aromatic N) is 1. The minimum atomic E-state index is -1.82. The molecule has 0 bridgehead atoms. The van der Waals surface area contributed by atoms with E-state index in [1.54, 1.807) is 0 Å². The van der Waals surface area contributed by atoms with Gasteiger partial charge in [-0.05, 0) is 29.3 Å². The zero-order valence-electron chi connectivity index (χ0n) is 15.3. The fourth-order valence-electron chi connectivity index (χ4n) is 1.70. The number of amides is 1. The molecular weight excluding hydrogens is 332 g/mol. The summed E-state index contributed by atoms with van der Waals surface area (Å²) in [5, 5.41) is 20.7. The first-order valence-corrected chi connectivity index (χ1v) is 11.0. The molecule has 6 heteroatoms. The normalized spacial score (nSPS) is 12.3. The SMILES string of the molecule is CC(C)(C)[Si](C)(C)C#CC[C@H](NC(=O)c1ccc(C#N)cc1)C(=O)O. The Hall–Kier alpha value is -2.57. The minimum Gasteiger partial charge on any atom is -0.480 e. The lowest BCUT2D eigenvalue weighted by atomic mass is 10.1. The third kappa shape index (κ3) is 5.77. The van der Waals surface area contributed by atoms with Gasteiger partial charge in [0, 0.05) is 12.0 Å². The fourth-order valence-corrected chi connectivity index (χ4v) is 2.62. The van der Waals surface area contributed by atoms with Crippen LogP contribution < -0.4 is 5.32 Å². The predicted octanol–water partition coefficient (Wildman–Crippen LogP) is 3.18. The van der Waals surface area contributed by atoms with Gasteiger partial charge in [0.15, 0.2) is 0 Å². The maximum absolute atomic E-state index is 12.2. The first-order chi connectivity index (χ1) is 11.5. The van der Waals surface area contributed by atoms with Crippen LogP contribution in [-0.4, -0.2) is 31.1 Å². The fraction of sp³-hybridized carbons (Fsp3) is 0.421. The van der Waals surface area contributed by atoms with Gasteiger partial charge < -0.3 is 10.4 Å². The van der Waals surface area contributed by atoms with Gasteiger partial charge in [-0.1, -0.05) is 33.9 Å². The summed E-state index contributed by atoms with van der Waals surface area (Å²) in [7, 11) is -1.82. The van der Waals surface area contributed by atoms with E-state index in [4.69, 9.17) is 5.26 Å². The Bertz CT molecular complexity index is 744. The third-order valence-electron chi connectivity index (χ3n) is 4.46. The van der Waals surface area contributed by atoms with Crippen molar-refractivity contribution in [1.82, 2.24) is 5.32 Å². The lowest BCUT2D eigenvalue weighted by molar-refractivity contribution is -0.139. The third-order valence-corrected chi connectivity index (χ3v) is 9.01. The van der Waals surface area contributed by atoms with E-state index < -0.39 is 26.0 Å². The Balaban J connectivity index is 2.83. The number of aliphatic carboxylic acids is 1. The van der Waals surface area contributed by atoms with E-state index in [1.807, 2.05) is 6.07 Å². The van der Waals surface area contributed by atoms with E-state index in [0.717, 1.165) is 0 Å². The van der Waals surface area contributed by atoms with Crippen molar-refractivity contribution in [3.63, 3.8) is 0 Å². The van der Waals surface area contributed by atoms with Crippen LogP contribution in [-0.2, 0) is 4.79 Å². The van der Waals surface area contributed by atoms with Crippen molar-refractivity contribution in [3.05, 3.63) is 35.4 Å². The van der Waals surface area contributed by atoms with E-state index in [9.17, 15) is 14.7 Å². The summed E-state index contributed by atoms with van der Waals surface area (Å²) in [6.45, 7) is 10.7. The second-order valence-electron chi connectivity index (χ2n) is 7.43. The molecule has 1 rings (SSSR count). The number of hydrogen-bond donors (Lipinski definition) is 2. The molecule has 25 heavy (non-hydrogen) atoms. The van der Waals surface area contributed by atoms with Crippen molar-refractivity contribution in [2.24, 2.45) is 0 Å². The topological polar surface area (TPSA) is 90.2 Å². The first kappa shape index (κ1) is 20.5. The number of carboxylic acid groups (broad SMARTS) is 1. The first-order valence-electron chi connectivity index (χ1n) is 8.02. The van der Waals surface area contributed by atoms with Crippen molar-refractivity contribution < 1.29 is 14.7 Å². The highest BCUT2D eigenvalue weighted by Gasteiger charge is 2.33. The van der Waals surface area contributed by atoms with Gasteiger partial charge in [0.05, 0.1) is 11.6 Å². The zero-order valence-corrected chi connectivity index (χ0v) is 16.3. The Kier molecular flexibility index (Phi) is 6.55. The largest absolute Gasteiger partial charge is 0.480 e. The van der Waals surface area contributed by atoms with Gasteiger partial charge in [-0.25, -0.2) is 4.79 Å². The summed E-state index contributed by atoms with van der Waals surface area (Å²) < 4.78 is 0. The summed E-state index contributed by atoms with van der Waals surface area (Å²) >= 11 is 0. The van der Waals surface area contributed by atoms with Crippen molar-refractivity contribution in [2.75, 3.05) is 0 Å². The molecule has 0 heterocycles. The molecule has 0 aliphatic heterocycles. The second-order valence-corrected chi connectivity index (χ2v) is 12.4. The molecule has 1 aromatic carbocycles. The average molecular weight is 356 g/mol. The molecule has 0 radical (unpaired) electrons. The van der Waals surface area contributed by atoms with E-state index >= 15 is 0 Å². The van der Waals surface area contributed by atoms with Crippen LogP contribution in [0, 0.1) is 22.8 Å². The maximum Gasteiger partial charge on any atom is 0.327 e. The lowest BCUT2D eigenvalue weighted by Gasteiger charge is -2.31. The molecule has 5 nitrogen and oxygen atoms in total. The summed E-state index contributed by atoms with van der Waals surface area (Å²) in [5.74, 6) is 1.35. The van der Waals surface area contributed by atoms with Crippen LogP contribution in [0.15, 0.2) is 24.3 Å². The van der Waals surface area contributed by atoms with E-state index in [0.29, 0.717) is 11.1 Å². The number of nitrogens with one attached hydrogen (secondary N) is 1. The number of hydrogen-bond acceptors (Lipinski definition) is 3. The van der Waals surface area contributed by atoms with E-state index in [2.05, 4.69) is 50.6 Å². The number of nitriles is 1. The molecule has 0 aliphatic rings. The molecule has 0 fully saturated rings. The molecule has 132 valence electrons. The highest BCUT2D eigenvalue weighted by molar-refractivity contribution is 6.87. The van der Waals surface area contributed by atoms with Crippen molar-refractivity contribution in [3.8, 4) is 17.5 Å². The number of benzene rings is 1. The van der Waals surface area contributed by atoms with Gasteiger partial charge in [-0.3, -0.25) is 4.79 Å².